The van der Waals surface area contributed by atoms with E-state index in [0.29, 0.717) is 6.54 Å². The molecule has 0 aliphatic rings. The van der Waals surface area contributed by atoms with Gasteiger partial charge in [-0.1, -0.05) is 0 Å². The van der Waals surface area contributed by atoms with E-state index in [9.17, 15) is 0 Å². The number of rotatable bonds is 3. The molecule has 4 nitrogen and oxygen atoms in total. The van der Waals surface area contributed by atoms with Crippen LogP contribution >= 0.6 is 0 Å². The number of aryl methyl sites for hydroxylation is 2. The van der Waals surface area contributed by atoms with E-state index in [1.807, 2.05) is 44.0 Å². The molecule has 2 rings (SSSR count). The minimum atomic E-state index is 0.711. The zero-order chi connectivity index (χ0) is 11.5. The van der Waals surface area contributed by atoms with Crippen molar-refractivity contribution in [2.45, 2.75) is 20.4 Å². The van der Waals surface area contributed by atoms with Gasteiger partial charge in [0.1, 0.15) is 17.4 Å². The molecule has 0 bridgehead atoms. The van der Waals surface area contributed by atoms with Gasteiger partial charge in [-0.3, -0.25) is 0 Å². The summed E-state index contributed by atoms with van der Waals surface area (Å²) >= 11 is 0. The molecule has 0 amide bonds. The minimum absolute atomic E-state index is 0.711. The van der Waals surface area contributed by atoms with Crippen molar-refractivity contribution in [3.05, 3.63) is 41.7 Å². The van der Waals surface area contributed by atoms with Crippen LogP contribution in [-0.2, 0) is 6.54 Å². The summed E-state index contributed by atoms with van der Waals surface area (Å²) in [6.45, 7) is 4.58. The first-order chi connectivity index (χ1) is 7.65. The number of hydrogen-bond acceptors (Lipinski definition) is 4. The van der Waals surface area contributed by atoms with Crippen LogP contribution in [0.4, 0.5) is 5.82 Å². The predicted octanol–water partition coefficient (Wildman–Crippen LogP) is 2.32. The van der Waals surface area contributed by atoms with Crippen molar-refractivity contribution < 1.29 is 4.42 Å². The highest BCUT2D eigenvalue weighted by Crippen LogP contribution is 2.14. The maximum Gasteiger partial charge on any atom is 0.132 e. The van der Waals surface area contributed by atoms with Crippen LogP contribution in [0.5, 0.6) is 0 Å². The lowest BCUT2D eigenvalue weighted by Gasteiger charge is -2.17. The number of nitrogens with zero attached hydrogens (tertiary/aromatic N) is 3. The minimum Gasteiger partial charge on any atom is -0.467 e. The molecule has 0 N–H and O–H groups in total. The van der Waals surface area contributed by atoms with Crippen molar-refractivity contribution in [3.63, 3.8) is 0 Å². The summed E-state index contributed by atoms with van der Waals surface area (Å²) in [5.41, 5.74) is 0.980. The molecular weight excluding hydrogens is 202 g/mol. The normalized spacial score (nSPS) is 10.4. The van der Waals surface area contributed by atoms with Crippen molar-refractivity contribution in [2.75, 3.05) is 11.9 Å². The Morgan fingerprint density at radius 1 is 1.31 bits per heavy atom. The Balaban J connectivity index is 2.17. The first-order valence-electron chi connectivity index (χ1n) is 5.21. The van der Waals surface area contributed by atoms with Crippen molar-refractivity contribution in [3.8, 4) is 0 Å². The second-order valence-electron chi connectivity index (χ2n) is 3.85. The van der Waals surface area contributed by atoms with Crippen LogP contribution in [0.1, 0.15) is 17.3 Å². The summed E-state index contributed by atoms with van der Waals surface area (Å²) in [6, 6.07) is 5.81. The molecular formula is C12H15N3O. The van der Waals surface area contributed by atoms with Crippen molar-refractivity contribution in [1.29, 1.82) is 0 Å². The van der Waals surface area contributed by atoms with Crippen LogP contribution in [0, 0.1) is 13.8 Å². The van der Waals surface area contributed by atoms with E-state index < -0.39 is 0 Å². The third kappa shape index (κ3) is 2.39. The summed E-state index contributed by atoms with van der Waals surface area (Å²) in [4.78, 5) is 10.7. The molecule has 0 aromatic carbocycles. The first kappa shape index (κ1) is 10.7. The third-order valence-corrected chi connectivity index (χ3v) is 2.32. The number of anilines is 1. The van der Waals surface area contributed by atoms with Gasteiger partial charge in [0, 0.05) is 18.8 Å². The standard InChI is InChI=1S/C12H15N3O/c1-9-7-12(14-10(2)13-9)15(3)8-11-5-4-6-16-11/h4-7H,8H2,1-3H3. The predicted molar refractivity (Wildman–Crippen MR) is 62.3 cm³/mol. The van der Waals surface area contributed by atoms with E-state index in [2.05, 4.69) is 9.97 Å². The van der Waals surface area contributed by atoms with Gasteiger partial charge < -0.3 is 9.32 Å². The zero-order valence-electron chi connectivity index (χ0n) is 9.77. The highest BCUT2D eigenvalue weighted by Gasteiger charge is 2.06. The van der Waals surface area contributed by atoms with Crippen LogP contribution < -0.4 is 4.90 Å². The Kier molecular flexibility index (Phi) is 2.90. The highest BCUT2D eigenvalue weighted by molar-refractivity contribution is 5.38. The molecule has 16 heavy (non-hydrogen) atoms. The molecule has 4 heteroatoms. The van der Waals surface area contributed by atoms with Gasteiger partial charge in [0.25, 0.3) is 0 Å². The van der Waals surface area contributed by atoms with Gasteiger partial charge >= 0.3 is 0 Å². The summed E-state index contributed by atoms with van der Waals surface area (Å²) in [5.74, 6) is 2.64. The number of furan rings is 1. The topological polar surface area (TPSA) is 42.2 Å². The van der Waals surface area contributed by atoms with Gasteiger partial charge in [0.15, 0.2) is 0 Å². The van der Waals surface area contributed by atoms with E-state index in [4.69, 9.17) is 4.42 Å². The molecule has 0 atom stereocenters. The molecule has 0 unspecified atom stereocenters. The van der Waals surface area contributed by atoms with E-state index in [1.165, 1.54) is 0 Å². The van der Waals surface area contributed by atoms with E-state index in [1.54, 1.807) is 6.26 Å². The Labute approximate surface area is 94.9 Å². The molecule has 0 fully saturated rings. The summed E-state index contributed by atoms with van der Waals surface area (Å²) in [5, 5.41) is 0. The summed E-state index contributed by atoms with van der Waals surface area (Å²) in [7, 11) is 1.99. The second kappa shape index (κ2) is 4.35. The van der Waals surface area contributed by atoms with E-state index in [-0.39, 0.29) is 0 Å². The number of aromatic nitrogens is 2. The molecule has 0 spiro atoms. The molecule has 2 aromatic heterocycles. The maximum absolute atomic E-state index is 5.30. The average Bonchev–Trinajstić information content (AvgIpc) is 2.68. The molecule has 0 aliphatic heterocycles. The van der Waals surface area contributed by atoms with Gasteiger partial charge in [-0.2, -0.15) is 0 Å². The van der Waals surface area contributed by atoms with Crippen LogP contribution in [0.3, 0.4) is 0 Å². The first-order valence-corrected chi connectivity index (χ1v) is 5.21. The lowest BCUT2D eigenvalue weighted by Crippen LogP contribution is -2.18. The Morgan fingerprint density at radius 2 is 2.12 bits per heavy atom. The fourth-order valence-electron chi connectivity index (χ4n) is 1.61. The SMILES string of the molecule is Cc1cc(N(C)Cc2ccco2)nc(C)n1. The molecule has 0 saturated carbocycles. The smallest absolute Gasteiger partial charge is 0.132 e. The monoisotopic (exact) mass is 217 g/mol. The fourth-order valence-corrected chi connectivity index (χ4v) is 1.61. The quantitative estimate of drug-likeness (QED) is 0.791. The molecule has 2 heterocycles. The molecule has 0 aliphatic carbocycles. The van der Waals surface area contributed by atoms with Gasteiger partial charge in [0.2, 0.25) is 0 Å². The Bertz CT molecular complexity index is 445. The van der Waals surface area contributed by atoms with E-state index in [0.717, 1.165) is 23.1 Å². The summed E-state index contributed by atoms with van der Waals surface area (Å²) in [6.07, 6.45) is 1.68. The van der Waals surface area contributed by atoms with Crippen molar-refractivity contribution in [1.82, 2.24) is 9.97 Å². The van der Waals surface area contributed by atoms with Crippen molar-refractivity contribution >= 4 is 5.82 Å². The fraction of sp³-hybridized carbons (Fsp3) is 0.333. The highest BCUT2D eigenvalue weighted by atomic mass is 16.3. The van der Waals surface area contributed by atoms with Gasteiger partial charge in [-0.05, 0) is 26.0 Å². The van der Waals surface area contributed by atoms with Crippen LogP contribution in [0.25, 0.3) is 0 Å². The maximum atomic E-state index is 5.30. The average molecular weight is 217 g/mol. The lowest BCUT2D eigenvalue weighted by atomic mass is 10.3. The number of hydrogen-bond donors (Lipinski definition) is 0. The molecule has 0 saturated heterocycles. The third-order valence-electron chi connectivity index (χ3n) is 2.32. The Morgan fingerprint density at radius 3 is 2.75 bits per heavy atom. The Hall–Kier alpha value is -1.84. The largest absolute Gasteiger partial charge is 0.467 e. The van der Waals surface area contributed by atoms with Crippen LogP contribution in [0.15, 0.2) is 28.9 Å². The van der Waals surface area contributed by atoms with Gasteiger partial charge in [-0.25, -0.2) is 9.97 Å². The zero-order valence-corrected chi connectivity index (χ0v) is 9.77. The van der Waals surface area contributed by atoms with Gasteiger partial charge in [-0.15, -0.1) is 0 Å². The second-order valence-corrected chi connectivity index (χ2v) is 3.85. The van der Waals surface area contributed by atoms with Crippen molar-refractivity contribution in [2.24, 2.45) is 0 Å². The molecule has 84 valence electrons. The molecule has 0 radical (unpaired) electrons. The van der Waals surface area contributed by atoms with Crippen LogP contribution in [-0.4, -0.2) is 17.0 Å². The van der Waals surface area contributed by atoms with Gasteiger partial charge in [0.05, 0.1) is 12.8 Å². The summed E-state index contributed by atoms with van der Waals surface area (Å²) < 4.78 is 5.30. The van der Waals surface area contributed by atoms with E-state index >= 15 is 0 Å². The van der Waals surface area contributed by atoms with Crippen LogP contribution in [0.2, 0.25) is 0 Å². The lowest BCUT2D eigenvalue weighted by molar-refractivity contribution is 0.506. The molecule has 2 aromatic rings.